The molecule has 0 saturated heterocycles. The van der Waals surface area contributed by atoms with E-state index in [-0.39, 0.29) is 12.5 Å². The molecule has 5 rings (SSSR count). The van der Waals surface area contributed by atoms with Crippen molar-refractivity contribution in [1.29, 1.82) is 0 Å². The molecule has 1 aliphatic heterocycles. The molecular formula is C24H18FNO4. The highest BCUT2D eigenvalue weighted by atomic mass is 19.1. The highest BCUT2D eigenvalue weighted by molar-refractivity contribution is 5.96. The maximum Gasteiger partial charge on any atom is 0.336 e. The first-order valence-electron chi connectivity index (χ1n) is 9.50. The van der Waals surface area contributed by atoms with Crippen LogP contribution >= 0.6 is 0 Å². The average Bonchev–Trinajstić information content (AvgIpc) is 2.78. The van der Waals surface area contributed by atoms with Gasteiger partial charge in [0.2, 0.25) is 0 Å². The summed E-state index contributed by atoms with van der Waals surface area (Å²) in [6.45, 7) is 0.574. The quantitative estimate of drug-likeness (QED) is 0.453. The molecule has 1 aliphatic rings. The average molecular weight is 403 g/mol. The third-order valence-corrected chi connectivity index (χ3v) is 5.29. The van der Waals surface area contributed by atoms with Crippen molar-refractivity contribution in [3.63, 3.8) is 0 Å². The number of hydrogen-bond acceptors (Lipinski definition) is 5. The summed E-state index contributed by atoms with van der Waals surface area (Å²) in [4.78, 5) is 14.2. The Labute approximate surface area is 171 Å². The lowest BCUT2D eigenvalue weighted by Gasteiger charge is -2.31. The largest absolute Gasteiger partial charge is 0.497 e. The van der Waals surface area contributed by atoms with Crippen molar-refractivity contribution in [2.75, 3.05) is 18.7 Å². The Bertz CT molecular complexity index is 1300. The van der Waals surface area contributed by atoms with Crippen LogP contribution in [0.15, 0.2) is 75.9 Å². The minimum atomic E-state index is -0.454. The Kier molecular flexibility index (Phi) is 4.39. The Balaban J connectivity index is 1.65. The molecule has 3 aromatic carbocycles. The minimum absolute atomic E-state index is 0.210. The number of para-hydroxylation sites is 1. The number of rotatable bonds is 3. The van der Waals surface area contributed by atoms with Crippen molar-refractivity contribution in [2.45, 2.75) is 6.54 Å². The fourth-order valence-corrected chi connectivity index (χ4v) is 3.81. The third-order valence-electron chi connectivity index (χ3n) is 5.29. The zero-order valence-electron chi connectivity index (χ0n) is 16.2. The molecular weight excluding hydrogens is 385 g/mol. The molecule has 0 fully saturated rings. The van der Waals surface area contributed by atoms with Crippen LogP contribution in [0.1, 0.15) is 5.56 Å². The summed E-state index contributed by atoms with van der Waals surface area (Å²) >= 11 is 0. The number of methoxy groups -OCH3 is 1. The number of benzene rings is 3. The molecule has 30 heavy (non-hydrogen) atoms. The Morgan fingerprint density at radius 2 is 1.83 bits per heavy atom. The van der Waals surface area contributed by atoms with Crippen molar-refractivity contribution >= 4 is 16.7 Å². The van der Waals surface area contributed by atoms with Gasteiger partial charge in [-0.05, 0) is 47.5 Å². The fraction of sp³-hybridized carbons (Fsp3) is 0.125. The van der Waals surface area contributed by atoms with E-state index in [0.29, 0.717) is 23.6 Å². The number of fused-ring (bicyclic) bond motifs is 3. The zero-order valence-corrected chi connectivity index (χ0v) is 16.2. The van der Waals surface area contributed by atoms with Gasteiger partial charge in [0.25, 0.3) is 0 Å². The molecule has 0 aliphatic carbocycles. The van der Waals surface area contributed by atoms with Gasteiger partial charge in [0.1, 0.15) is 22.9 Å². The Morgan fingerprint density at radius 3 is 2.60 bits per heavy atom. The molecule has 0 spiro atoms. The number of anilines is 1. The van der Waals surface area contributed by atoms with E-state index in [0.717, 1.165) is 27.8 Å². The standard InChI is InChI=1S/C24H18FNO4/c1-28-16-8-6-15(7-9-16)18-12-23(27)30-24-17(18)10-11-22-19(24)13-26(14-29-22)21-5-3-2-4-20(21)25/h2-12H,13-14H2,1H3. The van der Waals surface area contributed by atoms with E-state index in [1.165, 1.54) is 12.1 Å². The Hall–Kier alpha value is -3.80. The molecule has 0 radical (unpaired) electrons. The van der Waals surface area contributed by atoms with Crippen molar-refractivity contribution in [2.24, 2.45) is 0 Å². The van der Waals surface area contributed by atoms with E-state index >= 15 is 0 Å². The molecule has 0 unspecified atom stereocenters. The molecule has 1 aromatic heterocycles. The zero-order chi connectivity index (χ0) is 20.7. The third kappa shape index (κ3) is 3.06. The normalized spacial score (nSPS) is 13.1. The van der Waals surface area contributed by atoms with Gasteiger partial charge >= 0.3 is 5.63 Å². The molecule has 0 bridgehead atoms. The van der Waals surface area contributed by atoms with Crippen LogP contribution in [0, 0.1) is 5.82 Å². The van der Waals surface area contributed by atoms with Gasteiger partial charge in [-0.1, -0.05) is 24.3 Å². The molecule has 0 N–H and O–H groups in total. The van der Waals surface area contributed by atoms with E-state index in [1.54, 1.807) is 30.2 Å². The predicted molar refractivity (Wildman–Crippen MR) is 113 cm³/mol. The van der Waals surface area contributed by atoms with Gasteiger partial charge in [-0.3, -0.25) is 0 Å². The molecule has 5 nitrogen and oxygen atoms in total. The van der Waals surface area contributed by atoms with Gasteiger partial charge in [0, 0.05) is 11.5 Å². The van der Waals surface area contributed by atoms with E-state index in [9.17, 15) is 9.18 Å². The molecule has 0 amide bonds. The predicted octanol–water partition coefficient (Wildman–Crippen LogP) is 4.96. The molecule has 150 valence electrons. The maximum absolute atomic E-state index is 14.3. The maximum atomic E-state index is 14.3. The van der Waals surface area contributed by atoms with Crippen molar-refractivity contribution in [3.05, 3.63) is 88.5 Å². The van der Waals surface area contributed by atoms with Crippen LogP contribution in [0.5, 0.6) is 11.5 Å². The lowest BCUT2D eigenvalue weighted by molar-refractivity contribution is 0.287. The van der Waals surface area contributed by atoms with Crippen molar-refractivity contribution in [3.8, 4) is 22.6 Å². The van der Waals surface area contributed by atoms with E-state index < -0.39 is 5.63 Å². The van der Waals surface area contributed by atoms with E-state index in [4.69, 9.17) is 13.9 Å². The second-order valence-corrected chi connectivity index (χ2v) is 7.05. The van der Waals surface area contributed by atoms with Gasteiger partial charge in [-0.25, -0.2) is 9.18 Å². The van der Waals surface area contributed by atoms with Crippen LogP contribution in [-0.2, 0) is 6.54 Å². The van der Waals surface area contributed by atoms with E-state index in [2.05, 4.69) is 0 Å². The van der Waals surface area contributed by atoms with E-state index in [1.807, 2.05) is 36.4 Å². The van der Waals surface area contributed by atoms with Crippen molar-refractivity contribution in [1.82, 2.24) is 0 Å². The molecule has 6 heteroatoms. The minimum Gasteiger partial charge on any atom is -0.497 e. The lowest BCUT2D eigenvalue weighted by Crippen LogP contribution is -2.32. The number of halogens is 1. The first-order chi connectivity index (χ1) is 14.6. The van der Waals surface area contributed by atoms with Crippen molar-refractivity contribution < 1.29 is 18.3 Å². The number of ether oxygens (including phenoxy) is 2. The summed E-state index contributed by atoms with van der Waals surface area (Å²) < 4.78 is 31.0. The van der Waals surface area contributed by atoms with Gasteiger partial charge in [-0.2, -0.15) is 0 Å². The van der Waals surface area contributed by atoms with Crippen LogP contribution in [0.25, 0.3) is 22.1 Å². The topological polar surface area (TPSA) is 51.9 Å². The van der Waals surface area contributed by atoms with Crippen LogP contribution < -0.4 is 20.0 Å². The van der Waals surface area contributed by atoms with Gasteiger partial charge in [-0.15, -0.1) is 0 Å². The van der Waals surface area contributed by atoms with Crippen LogP contribution in [0.3, 0.4) is 0 Å². The smallest absolute Gasteiger partial charge is 0.336 e. The first kappa shape index (κ1) is 18.2. The lowest BCUT2D eigenvalue weighted by atomic mass is 9.99. The summed E-state index contributed by atoms with van der Waals surface area (Å²) in [5.74, 6) is 1.03. The summed E-state index contributed by atoms with van der Waals surface area (Å²) in [6.07, 6.45) is 0. The highest BCUT2D eigenvalue weighted by Crippen LogP contribution is 2.37. The first-order valence-corrected chi connectivity index (χ1v) is 9.50. The number of nitrogens with zero attached hydrogens (tertiary/aromatic N) is 1. The second kappa shape index (κ2) is 7.22. The number of hydrogen-bond donors (Lipinski definition) is 0. The summed E-state index contributed by atoms with van der Waals surface area (Å²) in [6, 6.07) is 19.3. The fourth-order valence-electron chi connectivity index (χ4n) is 3.81. The van der Waals surface area contributed by atoms with Crippen LogP contribution in [0.2, 0.25) is 0 Å². The Morgan fingerprint density at radius 1 is 1.03 bits per heavy atom. The molecule has 2 heterocycles. The second-order valence-electron chi connectivity index (χ2n) is 7.05. The molecule has 0 atom stereocenters. The van der Waals surface area contributed by atoms with Gasteiger partial charge < -0.3 is 18.8 Å². The molecule has 0 saturated carbocycles. The van der Waals surface area contributed by atoms with Gasteiger partial charge in [0.15, 0.2) is 6.73 Å². The summed E-state index contributed by atoms with van der Waals surface area (Å²) in [7, 11) is 1.61. The monoisotopic (exact) mass is 403 g/mol. The van der Waals surface area contributed by atoms with Gasteiger partial charge in [0.05, 0.1) is 24.9 Å². The summed E-state index contributed by atoms with van der Waals surface area (Å²) in [5, 5.41) is 0.789. The summed E-state index contributed by atoms with van der Waals surface area (Å²) in [5.41, 5.74) is 2.78. The SMILES string of the molecule is COc1ccc(-c2cc(=O)oc3c4c(ccc23)OCN(c2ccccc2F)C4)cc1. The molecule has 4 aromatic rings. The highest BCUT2D eigenvalue weighted by Gasteiger charge is 2.24. The van der Waals surface area contributed by atoms with Crippen LogP contribution in [-0.4, -0.2) is 13.8 Å². The van der Waals surface area contributed by atoms with Crippen LogP contribution in [0.4, 0.5) is 10.1 Å².